The van der Waals surface area contributed by atoms with E-state index in [9.17, 15) is 9.90 Å². The second-order valence-corrected chi connectivity index (χ2v) is 5.65. The first-order valence-electron chi connectivity index (χ1n) is 4.25. The normalized spacial score (nSPS) is 25.2. The van der Waals surface area contributed by atoms with Gasteiger partial charge in [0.05, 0.1) is 6.07 Å². The Morgan fingerprint density at radius 2 is 2.31 bits per heavy atom. The zero-order valence-electron chi connectivity index (χ0n) is 8.25. The van der Waals surface area contributed by atoms with E-state index >= 15 is 0 Å². The molecule has 5 nitrogen and oxygen atoms in total. The first-order valence-corrected chi connectivity index (χ1v) is 5.39. The third kappa shape index (κ3) is 2.25. The quantitative estimate of drug-likeness (QED) is 0.742. The van der Waals surface area contributed by atoms with Crippen molar-refractivity contribution in [2.24, 2.45) is 5.10 Å². The van der Waals surface area contributed by atoms with Crippen LogP contribution >= 0.6 is 34.8 Å². The molecule has 1 aliphatic rings. The number of rotatable bonds is 1. The molecule has 1 atom stereocenters. The first kappa shape index (κ1) is 13.5. The lowest BCUT2D eigenvalue weighted by Gasteiger charge is -2.36. The molecule has 16 heavy (non-hydrogen) atoms. The largest absolute Gasteiger partial charge is 0.365 e. The molecule has 88 valence electrons. The molecule has 0 saturated carbocycles. The van der Waals surface area contributed by atoms with Crippen LogP contribution in [0.1, 0.15) is 19.8 Å². The van der Waals surface area contributed by atoms with Gasteiger partial charge in [0.15, 0.2) is 0 Å². The van der Waals surface area contributed by atoms with Crippen molar-refractivity contribution in [3.05, 3.63) is 0 Å². The molecule has 1 amide bonds. The highest BCUT2D eigenvalue weighted by Crippen LogP contribution is 2.45. The van der Waals surface area contributed by atoms with Gasteiger partial charge in [-0.15, -0.1) is 0 Å². The third-order valence-corrected chi connectivity index (χ3v) is 2.95. The Hall–Kier alpha value is -0.540. The number of aliphatic hydroxyl groups is 1. The summed E-state index contributed by atoms with van der Waals surface area (Å²) in [6.07, 6.45) is -0.513. The van der Waals surface area contributed by atoms with Crippen molar-refractivity contribution in [2.45, 2.75) is 29.3 Å². The fraction of sp³-hybridized carbons (Fsp3) is 0.625. The van der Waals surface area contributed by atoms with E-state index in [-0.39, 0.29) is 6.42 Å². The van der Waals surface area contributed by atoms with Gasteiger partial charge in [-0.1, -0.05) is 34.8 Å². The lowest BCUT2D eigenvalue weighted by molar-refractivity contribution is -0.153. The molecular formula is C8H8Cl3N3O2. The second kappa shape index (κ2) is 4.38. The van der Waals surface area contributed by atoms with Crippen molar-refractivity contribution < 1.29 is 9.90 Å². The van der Waals surface area contributed by atoms with Crippen molar-refractivity contribution in [2.75, 3.05) is 0 Å². The summed E-state index contributed by atoms with van der Waals surface area (Å²) in [5.74, 6) is -0.715. The second-order valence-electron chi connectivity index (χ2n) is 3.37. The topological polar surface area (TPSA) is 76.7 Å². The summed E-state index contributed by atoms with van der Waals surface area (Å²) in [5.41, 5.74) is -1.59. The van der Waals surface area contributed by atoms with Gasteiger partial charge in [0, 0.05) is 12.1 Å². The van der Waals surface area contributed by atoms with E-state index in [0.717, 1.165) is 0 Å². The summed E-state index contributed by atoms with van der Waals surface area (Å²) < 4.78 is -2.10. The van der Waals surface area contributed by atoms with Gasteiger partial charge in [0.2, 0.25) is 9.52 Å². The molecule has 1 heterocycles. The number of halogens is 3. The van der Waals surface area contributed by atoms with Gasteiger partial charge in [-0.2, -0.15) is 15.4 Å². The highest BCUT2D eigenvalue weighted by Gasteiger charge is 2.57. The minimum atomic E-state index is -2.10. The molecule has 0 spiro atoms. The van der Waals surface area contributed by atoms with Crippen LogP contribution in [0.15, 0.2) is 5.10 Å². The standard InChI is InChI=1S/C8H8Cl3N3O2/c1-5-4-7(16,8(9,10)11)14(13-5)6(15)2-3-12/h16H,2,4H2,1H3. The van der Waals surface area contributed by atoms with E-state index in [4.69, 9.17) is 40.1 Å². The summed E-state index contributed by atoms with van der Waals surface area (Å²) in [4.78, 5) is 11.5. The van der Waals surface area contributed by atoms with Gasteiger partial charge in [-0.05, 0) is 6.92 Å². The van der Waals surface area contributed by atoms with E-state index in [1.165, 1.54) is 0 Å². The maximum Gasteiger partial charge on any atom is 0.259 e. The van der Waals surface area contributed by atoms with Crippen LogP contribution in [0.3, 0.4) is 0 Å². The number of nitrogens with zero attached hydrogens (tertiary/aromatic N) is 3. The van der Waals surface area contributed by atoms with Crippen molar-refractivity contribution in [3.63, 3.8) is 0 Å². The Balaban J connectivity index is 3.06. The molecule has 1 N–H and O–H groups in total. The molecule has 0 aromatic heterocycles. The Bertz CT molecular complexity index is 385. The van der Waals surface area contributed by atoms with E-state index in [0.29, 0.717) is 10.7 Å². The maximum atomic E-state index is 11.5. The monoisotopic (exact) mass is 283 g/mol. The third-order valence-electron chi connectivity index (χ3n) is 2.04. The Morgan fingerprint density at radius 3 is 2.75 bits per heavy atom. The number of nitriles is 1. The van der Waals surface area contributed by atoms with Crippen LogP contribution in [0.25, 0.3) is 0 Å². The predicted octanol–water partition coefficient (Wildman–Crippen LogP) is 1.57. The average Bonchev–Trinajstić information content (AvgIpc) is 2.42. The lowest BCUT2D eigenvalue weighted by atomic mass is 10.1. The van der Waals surface area contributed by atoms with Crippen molar-refractivity contribution in [1.29, 1.82) is 5.26 Å². The molecule has 0 saturated heterocycles. The van der Waals surface area contributed by atoms with E-state index in [2.05, 4.69) is 5.10 Å². The number of hydrogen-bond donors (Lipinski definition) is 1. The smallest absolute Gasteiger partial charge is 0.259 e. The molecule has 1 unspecified atom stereocenters. The van der Waals surface area contributed by atoms with Crippen LogP contribution in [0.2, 0.25) is 0 Å². The van der Waals surface area contributed by atoms with Gasteiger partial charge in [0.25, 0.3) is 5.91 Å². The molecule has 0 radical (unpaired) electrons. The van der Waals surface area contributed by atoms with Crippen LogP contribution in [0, 0.1) is 11.3 Å². The fourth-order valence-corrected chi connectivity index (χ4v) is 1.79. The highest BCUT2D eigenvalue weighted by molar-refractivity contribution is 6.68. The Labute approximate surface area is 107 Å². The lowest BCUT2D eigenvalue weighted by Crippen LogP contribution is -2.55. The van der Waals surface area contributed by atoms with E-state index in [1.807, 2.05) is 0 Å². The predicted molar refractivity (Wildman–Crippen MR) is 60.0 cm³/mol. The highest BCUT2D eigenvalue weighted by atomic mass is 35.6. The van der Waals surface area contributed by atoms with Gasteiger partial charge < -0.3 is 5.11 Å². The SMILES string of the molecule is CC1=NN(C(=O)CC#N)C(O)(C(Cl)(Cl)Cl)C1. The van der Waals surface area contributed by atoms with Crippen molar-refractivity contribution in [3.8, 4) is 6.07 Å². The Kier molecular flexibility index (Phi) is 3.70. The number of carbonyl (C=O) groups is 1. The van der Waals surface area contributed by atoms with Crippen LogP contribution in [-0.4, -0.2) is 31.3 Å². The van der Waals surface area contributed by atoms with Gasteiger partial charge in [0.1, 0.15) is 6.42 Å². The van der Waals surface area contributed by atoms with Gasteiger partial charge in [-0.3, -0.25) is 4.79 Å². The number of alkyl halides is 3. The summed E-state index contributed by atoms with van der Waals surface area (Å²) in [6.45, 7) is 1.58. The summed E-state index contributed by atoms with van der Waals surface area (Å²) in [6, 6.07) is 1.65. The molecule has 0 aromatic rings. The summed E-state index contributed by atoms with van der Waals surface area (Å²) in [7, 11) is 0. The van der Waals surface area contributed by atoms with E-state index < -0.39 is 21.8 Å². The van der Waals surface area contributed by atoms with Crippen LogP contribution in [0.4, 0.5) is 0 Å². The summed E-state index contributed by atoms with van der Waals surface area (Å²) >= 11 is 16.8. The molecule has 0 aliphatic carbocycles. The van der Waals surface area contributed by atoms with Gasteiger partial charge in [-0.25, -0.2) is 0 Å². The molecule has 0 fully saturated rings. The Morgan fingerprint density at radius 1 is 1.75 bits per heavy atom. The van der Waals surface area contributed by atoms with Crippen molar-refractivity contribution >= 4 is 46.4 Å². The van der Waals surface area contributed by atoms with Crippen LogP contribution in [-0.2, 0) is 4.79 Å². The molecule has 1 aliphatic heterocycles. The minimum absolute atomic E-state index is 0.0688. The molecular weight excluding hydrogens is 276 g/mol. The molecule has 8 heteroatoms. The number of hydrogen-bond acceptors (Lipinski definition) is 4. The molecule has 0 aromatic carbocycles. The first-order chi connectivity index (χ1) is 7.22. The number of carbonyl (C=O) groups excluding carboxylic acids is 1. The molecule has 0 bridgehead atoms. The van der Waals surface area contributed by atoms with Gasteiger partial charge >= 0.3 is 0 Å². The van der Waals surface area contributed by atoms with Crippen molar-refractivity contribution in [1.82, 2.24) is 5.01 Å². The maximum absolute atomic E-state index is 11.5. The zero-order valence-corrected chi connectivity index (χ0v) is 10.5. The minimum Gasteiger partial charge on any atom is -0.365 e. The number of amides is 1. The van der Waals surface area contributed by atoms with E-state index in [1.54, 1.807) is 13.0 Å². The summed E-state index contributed by atoms with van der Waals surface area (Å²) in [5, 5.41) is 23.0. The fourth-order valence-electron chi connectivity index (χ4n) is 1.35. The average molecular weight is 285 g/mol. The van der Waals surface area contributed by atoms with Crippen LogP contribution < -0.4 is 0 Å². The molecule has 1 rings (SSSR count). The number of hydrazone groups is 1. The van der Waals surface area contributed by atoms with Crippen LogP contribution in [0.5, 0.6) is 0 Å². The zero-order chi connectivity index (χ0) is 12.6.